The first-order valence-corrected chi connectivity index (χ1v) is 5.89. The van der Waals surface area contributed by atoms with E-state index in [0.717, 1.165) is 0 Å². The topological polar surface area (TPSA) is 68.3 Å². The van der Waals surface area contributed by atoms with Gasteiger partial charge in [-0.1, -0.05) is 6.07 Å². The molecule has 0 fully saturated rings. The van der Waals surface area contributed by atoms with E-state index >= 15 is 0 Å². The average Bonchev–Trinajstić information content (AvgIpc) is 2.46. The lowest BCUT2D eigenvalue weighted by atomic mass is 10.1. The minimum absolute atomic E-state index is 0.00286. The molecule has 2 N–H and O–H groups in total. The summed E-state index contributed by atoms with van der Waals surface area (Å²) in [5.74, 6) is 0.0382. The van der Waals surface area contributed by atoms with Gasteiger partial charge in [-0.15, -0.1) is 0 Å². The molecule has 2 aromatic rings. The van der Waals surface area contributed by atoms with Crippen LogP contribution in [-0.4, -0.2) is 7.11 Å². The third kappa shape index (κ3) is 2.81. The Balaban J connectivity index is 2.25. The van der Waals surface area contributed by atoms with Gasteiger partial charge in [-0.2, -0.15) is 5.26 Å². The van der Waals surface area contributed by atoms with Crippen LogP contribution in [0.5, 0.6) is 11.5 Å². The van der Waals surface area contributed by atoms with Crippen molar-refractivity contribution in [2.24, 2.45) is 0 Å². The third-order valence-electron chi connectivity index (χ3n) is 2.78. The van der Waals surface area contributed by atoms with Crippen LogP contribution >= 0.6 is 0 Å². The Bertz CT molecular complexity index is 645. The van der Waals surface area contributed by atoms with Gasteiger partial charge >= 0.3 is 0 Å². The molecule has 0 aliphatic rings. The Morgan fingerprint density at radius 1 is 1.30 bits per heavy atom. The predicted octanol–water partition coefficient (Wildman–Crippen LogP) is 2.87. The number of hydrogen-bond acceptors (Lipinski definition) is 4. The zero-order valence-corrected chi connectivity index (χ0v) is 10.9. The largest absolute Gasteiger partial charge is 0.496 e. The predicted molar refractivity (Wildman–Crippen MR) is 72.9 cm³/mol. The smallest absolute Gasteiger partial charge is 0.178 e. The molecule has 0 aromatic heterocycles. The zero-order chi connectivity index (χ0) is 14.5. The summed E-state index contributed by atoms with van der Waals surface area (Å²) in [4.78, 5) is 0. The Labute approximate surface area is 116 Å². The molecule has 0 atom stereocenters. The molecule has 0 spiro atoms. The number of nitrogens with zero attached hydrogens (tertiary/aromatic N) is 1. The van der Waals surface area contributed by atoms with Crippen molar-refractivity contribution < 1.29 is 13.9 Å². The molecule has 102 valence electrons. The summed E-state index contributed by atoms with van der Waals surface area (Å²) in [7, 11) is 1.52. The van der Waals surface area contributed by atoms with Crippen molar-refractivity contribution in [3.63, 3.8) is 0 Å². The number of rotatable bonds is 4. The number of halogens is 1. The molecule has 0 saturated heterocycles. The lowest BCUT2D eigenvalue weighted by Crippen LogP contribution is -2.03. The number of nitrogen functional groups attached to an aromatic ring is 1. The van der Waals surface area contributed by atoms with Crippen LogP contribution in [0.4, 0.5) is 10.1 Å². The van der Waals surface area contributed by atoms with Crippen molar-refractivity contribution in [3.05, 3.63) is 53.3 Å². The van der Waals surface area contributed by atoms with Crippen LogP contribution in [-0.2, 0) is 6.61 Å². The number of nitriles is 1. The first-order chi connectivity index (χ1) is 9.65. The Kier molecular flexibility index (Phi) is 4.06. The van der Waals surface area contributed by atoms with Crippen molar-refractivity contribution in [2.45, 2.75) is 6.61 Å². The molecule has 20 heavy (non-hydrogen) atoms. The SMILES string of the molecule is COc1ccc(C#N)cc1COc1c(N)cccc1F. The molecule has 0 amide bonds. The van der Waals surface area contributed by atoms with Crippen LogP contribution in [0.25, 0.3) is 0 Å². The molecule has 2 aromatic carbocycles. The number of benzene rings is 2. The normalized spacial score (nSPS) is 9.85. The van der Waals surface area contributed by atoms with Gasteiger partial charge < -0.3 is 15.2 Å². The maximum atomic E-state index is 13.6. The van der Waals surface area contributed by atoms with E-state index in [1.54, 1.807) is 24.3 Å². The molecule has 0 aliphatic carbocycles. The van der Waals surface area contributed by atoms with Gasteiger partial charge in [0.05, 0.1) is 24.4 Å². The molecular formula is C15H13FN2O2. The van der Waals surface area contributed by atoms with Crippen LogP contribution in [0.2, 0.25) is 0 Å². The Hall–Kier alpha value is -2.74. The first-order valence-electron chi connectivity index (χ1n) is 5.89. The summed E-state index contributed by atoms with van der Waals surface area (Å²) in [6.45, 7) is 0.0594. The van der Waals surface area contributed by atoms with Gasteiger partial charge in [0.25, 0.3) is 0 Å². The van der Waals surface area contributed by atoms with E-state index in [1.807, 2.05) is 6.07 Å². The summed E-state index contributed by atoms with van der Waals surface area (Å²) >= 11 is 0. The van der Waals surface area contributed by atoms with Gasteiger partial charge in [0, 0.05) is 5.56 Å². The van der Waals surface area contributed by atoms with E-state index in [0.29, 0.717) is 16.9 Å². The lowest BCUT2D eigenvalue weighted by molar-refractivity contribution is 0.284. The number of nitrogens with two attached hydrogens (primary N) is 1. The fourth-order valence-electron chi connectivity index (χ4n) is 1.79. The number of hydrogen-bond donors (Lipinski definition) is 1. The van der Waals surface area contributed by atoms with Crippen LogP contribution in [0, 0.1) is 17.1 Å². The van der Waals surface area contributed by atoms with Gasteiger partial charge in [-0.05, 0) is 30.3 Å². The van der Waals surface area contributed by atoms with Gasteiger partial charge in [-0.3, -0.25) is 0 Å². The van der Waals surface area contributed by atoms with Crippen LogP contribution in [0.1, 0.15) is 11.1 Å². The standard InChI is InChI=1S/C15H13FN2O2/c1-19-14-6-5-10(8-17)7-11(14)9-20-15-12(16)3-2-4-13(15)18/h2-7H,9,18H2,1H3. The second-order valence-electron chi connectivity index (χ2n) is 4.09. The van der Waals surface area contributed by atoms with Crippen LogP contribution in [0.3, 0.4) is 0 Å². The van der Waals surface area contributed by atoms with Crippen molar-refractivity contribution in [1.29, 1.82) is 5.26 Å². The molecule has 0 saturated carbocycles. The van der Waals surface area contributed by atoms with E-state index in [1.165, 1.54) is 19.2 Å². The van der Waals surface area contributed by atoms with Crippen LogP contribution < -0.4 is 15.2 Å². The molecule has 0 heterocycles. The summed E-state index contributed by atoms with van der Waals surface area (Å²) in [6.07, 6.45) is 0. The van der Waals surface area contributed by atoms with E-state index in [2.05, 4.69) is 0 Å². The van der Waals surface area contributed by atoms with E-state index in [9.17, 15) is 4.39 Å². The van der Waals surface area contributed by atoms with Gasteiger partial charge in [-0.25, -0.2) is 4.39 Å². The molecule has 2 rings (SSSR count). The second kappa shape index (κ2) is 5.93. The minimum atomic E-state index is -0.527. The third-order valence-corrected chi connectivity index (χ3v) is 2.78. The highest BCUT2D eigenvalue weighted by molar-refractivity contribution is 5.53. The van der Waals surface area contributed by atoms with Crippen molar-refractivity contribution in [3.8, 4) is 17.6 Å². The number of anilines is 1. The zero-order valence-electron chi connectivity index (χ0n) is 10.9. The van der Waals surface area contributed by atoms with E-state index in [-0.39, 0.29) is 18.0 Å². The first kappa shape index (κ1) is 13.7. The quantitative estimate of drug-likeness (QED) is 0.869. The fourth-order valence-corrected chi connectivity index (χ4v) is 1.79. The van der Waals surface area contributed by atoms with E-state index in [4.69, 9.17) is 20.5 Å². The average molecular weight is 272 g/mol. The van der Waals surface area contributed by atoms with Crippen molar-refractivity contribution in [2.75, 3.05) is 12.8 Å². The molecule has 0 bridgehead atoms. The van der Waals surface area contributed by atoms with Gasteiger partial charge in [0.1, 0.15) is 12.4 Å². The van der Waals surface area contributed by atoms with Gasteiger partial charge in [0.15, 0.2) is 11.6 Å². The summed E-state index contributed by atoms with van der Waals surface area (Å²) in [6, 6.07) is 11.3. The molecular weight excluding hydrogens is 259 g/mol. The molecule has 5 heteroatoms. The Morgan fingerprint density at radius 2 is 2.10 bits per heavy atom. The molecule has 4 nitrogen and oxygen atoms in total. The van der Waals surface area contributed by atoms with Crippen LogP contribution in [0.15, 0.2) is 36.4 Å². The maximum absolute atomic E-state index is 13.6. The monoisotopic (exact) mass is 272 g/mol. The summed E-state index contributed by atoms with van der Waals surface area (Å²) in [5, 5.41) is 8.89. The molecule has 0 radical (unpaired) electrons. The van der Waals surface area contributed by atoms with Crippen molar-refractivity contribution in [1.82, 2.24) is 0 Å². The van der Waals surface area contributed by atoms with Gasteiger partial charge in [0.2, 0.25) is 0 Å². The maximum Gasteiger partial charge on any atom is 0.178 e. The number of ether oxygens (including phenoxy) is 2. The Morgan fingerprint density at radius 3 is 2.75 bits per heavy atom. The highest BCUT2D eigenvalue weighted by atomic mass is 19.1. The summed E-state index contributed by atoms with van der Waals surface area (Å²) < 4.78 is 24.2. The highest BCUT2D eigenvalue weighted by Gasteiger charge is 2.10. The lowest BCUT2D eigenvalue weighted by Gasteiger charge is -2.12. The highest BCUT2D eigenvalue weighted by Crippen LogP contribution is 2.27. The molecule has 0 unspecified atom stereocenters. The number of para-hydroxylation sites is 1. The minimum Gasteiger partial charge on any atom is -0.496 e. The number of methoxy groups -OCH3 is 1. The molecule has 0 aliphatic heterocycles. The fraction of sp³-hybridized carbons (Fsp3) is 0.133. The summed E-state index contributed by atoms with van der Waals surface area (Å²) in [5.41, 5.74) is 7.01. The van der Waals surface area contributed by atoms with Crippen molar-refractivity contribution >= 4 is 5.69 Å². The van der Waals surface area contributed by atoms with E-state index < -0.39 is 5.82 Å². The second-order valence-corrected chi connectivity index (χ2v) is 4.09.